The van der Waals surface area contributed by atoms with Gasteiger partial charge in [0.15, 0.2) is 0 Å². The van der Waals surface area contributed by atoms with E-state index in [0.717, 1.165) is 28.6 Å². The fourth-order valence-electron chi connectivity index (χ4n) is 1.93. The number of benzene rings is 1. The van der Waals surface area contributed by atoms with E-state index in [1.165, 1.54) is 18.9 Å². The van der Waals surface area contributed by atoms with Gasteiger partial charge in [0.05, 0.1) is 17.9 Å². The summed E-state index contributed by atoms with van der Waals surface area (Å²) in [6.07, 6.45) is 0. The van der Waals surface area contributed by atoms with E-state index in [1.807, 2.05) is 0 Å². The molecule has 2 rings (SSSR count). The maximum Gasteiger partial charge on any atom is 0.446 e. The van der Waals surface area contributed by atoms with E-state index in [-0.39, 0.29) is 33.2 Å². The number of esters is 1. The van der Waals surface area contributed by atoms with Crippen LogP contribution in [0.3, 0.4) is 0 Å². The van der Waals surface area contributed by atoms with Crippen LogP contribution in [0.2, 0.25) is 0 Å². The molecule has 1 aromatic rings. The van der Waals surface area contributed by atoms with Gasteiger partial charge in [-0.1, -0.05) is 0 Å². The predicted octanol–water partition coefficient (Wildman–Crippen LogP) is 2.54. The Kier molecular flexibility index (Phi) is 5.54. The molecule has 1 aliphatic rings. The van der Waals surface area contributed by atoms with Crippen LogP contribution in [0, 0.1) is 0 Å². The predicted molar refractivity (Wildman–Crippen MR) is 80.5 cm³/mol. The van der Waals surface area contributed by atoms with Gasteiger partial charge in [0.1, 0.15) is 6.04 Å². The first kappa shape index (κ1) is 18.4. The SMILES string of the molecule is COC(=O)[C@@H]1CSCN1S(=O)(=O)c1ccc(SC(F)(F)F)cc1. The summed E-state index contributed by atoms with van der Waals surface area (Å²) in [7, 11) is -2.82. The summed E-state index contributed by atoms with van der Waals surface area (Å²) < 4.78 is 67.5. The third-order valence-corrected chi connectivity index (χ3v) is 6.76. The summed E-state index contributed by atoms with van der Waals surface area (Å²) in [6.45, 7) is 0. The van der Waals surface area contributed by atoms with Crippen LogP contribution in [0.15, 0.2) is 34.1 Å². The van der Waals surface area contributed by atoms with Gasteiger partial charge in [-0.25, -0.2) is 8.42 Å². The number of sulfonamides is 1. The Morgan fingerprint density at radius 1 is 1.35 bits per heavy atom. The average molecular weight is 387 g/mol. The normalized spacial score (nSPS) is 19.7. The van der Waals surface area contributed by atoms with Gasteiger partial charge in [-0.05, 0) is 36.0 Å². The second kappa shape index (κ2) is 6.91. The van der Waals surface area contributed by atoms with Gasteiger partial charge < -0.3 is 4.74 Å². The van der Waals surface area contributed by atoms with Crippen LogP contribution in [0.5, 0.6) is 0 Å². The van der Waals surface area contributed by atoms with Crippen LogP contribution < -0.4 is 0 Å². The molecule has 0 N–H and O–H groups in total. The third-order valence-electron chi connectivity index (χ3n) is 2.98. The van der Waals surface area contributed by atoms with Gasteiger partial charge in [0.2, 0.25) is 10.0 Å². The Hall–Kier alpha value is -0.910. The maximum absolute atomic E-state index is 12.5. The van der Waals surface area contributed by atoms with Gasteiger partial charge in [-0.2, -0.15) is 17.5 Å². The minimum Gasteiger partial charge on any atom is -0.468 e. The summed E-state index contributed by atoms with van der Waals surface area (Å²) in [5.41, 5.74) is -4.44. The zero-order chi connectivity index (χ0) is 17.3. The van der Waals surface area contributed by atoms with Gasteiger partial charge >= 0.3 is 11.5 Å². The molecule has 1 heterocycles. The molecule has 11 heteroatoms. The molecule has 1 saturated heterocycles. The largest absolute Gasteiger partial charge is 0.468 e. The molecule has 23 heavy (non-hydrogen) atoms. The van der Waals surface area contributed by atoms with Crippen molar-refractivity contribution in [2.75, 3.05) is 18.7 Å². The minimum absolute atomic E-state index is 0.0845. The molecule has 5 nitrogen and oxygen atoms in total. The van der Waals surface area contributed by atoms with E-state index in [2.05, 4.69) is 4.74 Å². The lowest BCUT2D eigenvalue weighted by Crippen LogP contribution is -2.42. The van der Waals surface area contributed by atoms with Crippen LogP contribution in [-0.2, 0) is 19.6 Å². The van der Waals surface area contributed by atoms with Crippen molar-refractivity contribution in [2.24, 2.45) is 0 Å². The number of hydrogen-bond acceptors (Lipinski definition) is 6. The summed E-state index contributed by atoms with van der Waals surface area (Å²) in [5, 5.41) is 0. The molecule has 1 aromatic carbocycles. The first-order valence-corrected chi connectivity index (χ1v) is 9.59. The van der Waals surface area contributed by atoms with E-state index >= 15 is 0 Å². The lowest BCUT2D eigenvalue weighted by Gasteiger charge is -2.21. The van der Waals surface area contributed by atoms with Gasteiger partial charge in [-0.3, -0.25) is 4.79 Å². The highest BCUT2D eigenvalue weighted by atomic mass is 32.2. The average Bonchev–Trinajstić information content (AvgIpc) is 2.95. The summed E-state index contributed by atoms with van der Waals surface area (Å²) in [5.74, 6) is -0.308. The standard InChI is InChI=1S/C12H12F3NO4S3/c1-20-11(17)10-6-21-7-16(10)23(18,19)9-4-2-8(3-5-9)22-12(13,14)15/h2-5,10H,6-7H2,1H3/t10-/m0/s1. The molecule has 0 aromatic heterocycles. The smallest absolute Gasteiger partial charge is 0.446 e. The highest BCUT2D eigenvalue weighted by Gasteiger charge is 2.40. The van der Waals surface area contributed by atoms with Crippen LogP contribution in [-0.4, -0.2) is 49.0 Å². The van der Waals surface area contributed by atoms with Crippen LogP contribution in [0.1, 0.15) is 0 Å². The van der Waals surface area contributed by atoms with E-state index in [9.17, 15) is 26.4 Å². The molecule has 0 aliphatic carbocycles. The lowest BCUT2D eigenvalue weighted by atomic mass is 10.3. The molecule has 0 saturated carbocycles. The summed E-state index contributed by atoms with van der Waals surface area (Å²) in [4.78, 5) is 11.4. The van der Waals surface area contributed by atoms with Crippen LogP contribution in [0.4, 0.5) is 13.2 Å². The van der Waals surface area contributed by atoms with Crippen molar-refractivity contribution in [1.29, 1.82) is 0 Å². The van der Waals surface area contributed by atoms with Crippen molar-refractivity contribution in [3.8, 4) is 0 Å². The number of halogens is 3. The van der Waals surface area contributed by atoms with E-state index in [0.29, 0.717) is 0 Å². The monoisotopic (exact) mass is 387 g/mol. The lowest BCUT2D eigenvalue weighted by molar-refractivity contribution is -0.143. The van der Waals surface area contributed by atoms with Crippen molar-refractivity contribution in [2.45, 2.75) is 21.3 Å². The topological polar surface area (TPSA) is 63.7 Å². The molecule has 1 atom stereocenters. The molecule has 128 valence electrons. The molecular formula is C12H12F3NO4S3. The van der Waals surface area contributed by atoms with Crippen molar-refractivity contribution in [3.63, 3.8) is 0 Å². The number of nitrogens with zero attached hydrogens (tertiary/aromatic N) is 1. The minimum atomic E-state index is -4.44. The van der Waals surface area contributed by atoms with E-state index in [4.69, 9.17) is 0 Å². The highest BCUT2D eigenvalue weighted by Crippen LogP contribution is 2.37. The molecule has 1 fully saturated rings. The molecule has 0 spiro atoms. The molecule has 0 unspecified atom stereocenters. The van der Waals surface area contributed by atoms with E-state index < -0.39 is 27.5 Å². The van der Waals surface area contributed by atoms with Gasteiger partial charge in [0, 0.05) is 10.6 Å². The summed E-state index contributed by atoms with van der Waals surface area (Å²) >= 11 is 0.934. The van der Waals surface area contributed by atoms with Crippen molar-refractivity contribution in [3.05, 3.63) is 24.3 Å². The molecule has 0 bridgehead atoms. The quantitative estimate of drug-likeness (QED) is 0.584. The second-order valence-corrected chi connectivity index (χ2v) is 8.48. The maximum atomic E-state index is 12.5. The van der Waals surface area contributed by atoms with Crippen LogP contribution in [0.25, 0.3) is 0 Å². The summed E-state index contributed by atoms with van der Waals surface area (Å²) in [6, 6.07) is 3.43. The third kappa shape index (κ3) is 4.34. The number of thioether (sulfide) groups is 2. The number of methoxy groups -OCH3 is 1. The molecule has 1 aliphatic heterocycles. The van der Waals surface area contributed by atoms with Crippen molar-refractivity contribution < 1.29 is 31.1 Å². The Morgan fingerprint density at radius 2 is 1.96 bits per heavy atom. The zero-order valence-corrected chi connectivity index (χ0v) is 14.2. The van der Waals surface area contributed by atoms with Crippen LogP contribution >= 0.6 is 23.5 Å². The Balaban J connectivity index is 2.24. The fourth-order valence-corrected chi connectivity index (χ4v) is 5.60. The fraction of sp³-hybridized carbons (Fsp3) is 0.417. The van der Waals surface area contributed by atoms with Crippen molar-refractivity contribution >= 4 is 39.5 Å². The van der Waals surface area contributed by atoms with Crippen molar-refractivity contribution in [1.82, 2.24) is 4.31 Å². The Bertz CT molecular complexity index is 676. The number of alkyl halides is 3. The first-order chi connectivity index (χ1) is 10.6. The van der Waals surface area contributed by atoms with Gasteiger partial charge in [0.25, 0.3) is 0 Å². The van der Waals surface area contributed by atoms with Gasteiger partial charge in [-0.15, -0.1) is 11.8 Å². The number of carbonyl (C=O) groups is 1. The Labute approximate surface area is 139 Å². The second-order valence-electron chi connectivity index (χ2n) is 4.45. The zero-order valence-electron chi connectivity index (χ0n) is 11.7. The number of hydrogen-bond donors (Lipinski definition) is 0. The van der Waals surface area contributed by atoms with E-state index in [1.54, 1.807) is 0 Å². The molecular weight excluding hydrogens is 375 g/mol. The molecule has 0 amide bonds. The Morgan fingerprint density at radius 3 is 2.48 bits per heavy atom. The number of ether oxygens (including phenoxy) is 1. The highest BCUT2D eigenvalue weighted by molar-refractivity contribution is 8.01. The number of rotatable bonds is 4. The molecule has 0 radical (unpaired) electrons. The first-order valence-electron chi connectivity index (χ1n) is 6.18. The number of carbonyl (C=O) groups excluding carboxylic acids is 1.